The van der Waals surface area contributed by atoms with E-state index in [0.717, 1.165) is 22.4 Å². The van der Waals surface area contributed by atoms with Gasteiger partial charge in [-0.05, 0) is 17.2 Å². The average molecular weight is 294 g/mol. The third kappa shape index (κ3) is 2.26. The molecule has 1 aliphatic heterocycles. The van der Waals surface area contributed by atoms with E-state index in [2.05, 4.69) is 5.32 Å². The molecule has 0 aliphatic carbocycles. The number of amides is 2. The number of rotatable bonds is 2. The first kappa shape index (κ1) is 14.3. The molecule has 0 saturated carbocycles. The number of anilines is 1. The van der Waals surface area contributed by atoms with Gasteiger partial charge in [-0.2, -0.15) is 0 Å². The number of fused-ring (bicyclic) bond motifs is 3. The van der Waals surface area contributed by atoms with Gasteiger partial charge >= 0.3 is 0 Å². The van der Waals surface area contributed by atoms with Gasteiger partial charge in [-0.15, -0.1) is 0 Å². The van der Waals surface area contributed by atoms with Gasteiger partial charge < -0.3 is 10.2 Å². The van der Waals surface area contributed by atoms with Crippen LogP contribution in [-0.2, 0) is 9.59 Å². The van der Waals surface area contributed by atoms with E-state index in [1.54, 1.807) is 18.9 Å². The lowest BCUT2D eigenvalue weighted by atomic mass is 9.95. The molecular weight excluding hydrogens is 276 g/mol. The van der Waals surface area contributed by atoms with Crippen molar-refractivity contribution in [1.82, 2.24) is 5.32 Å². The molecule has 1 aliphatic rings. The van der Waals surface area contributed by atoms with Crippen LogP contribution in [0.4, 0.5) is 5.69 Å². The van der Waals surface area contributed by atoms with Gasteiger partial charge in [0.05, 0.1) is 5.69 Å². The lowest BCUT2D eigenvalue weighted by molar-refractivity contribution is -0.127. The number of carbonyl (C=O) groups excluding carboxylic acids is 2. The number of nitrogens with one attached hydrogen (secondary N) is 1. The number of carbonyl (C=O) groups is 2. The van der Waals surface area contributed by atoms with Gasteiger partial charge in [0.15, 0.2) is 0 Å². The molecule has 0 spiro atoms. The van der Waals surface area contributed by atoms with Gasteiger partial charge in [0.25, 0.3) is 5.91 Å². The van der Waals surface area contributed by atoms with E-state index < -0.39 is 6.04 Å². The van der Waals surface area contributed by atoms with E-state index in [-0.39, 0.29) is 11.8 Å². The van der Waals surface area contributed by atoms with Crippen LogP contribution in [0.3, 0.4) is 0 Å². The van der Waals surface area contributed by atoms with Crippen molar-refractivity contribution in [1.29, 1.82) is 0 Å². The number of hydrogen-bond donors (Lipinski definition) is 1. The molecule has 112 valence electrons. The van der Waals surface area contributed by atoms with Crippen LogP contribution in [-0.4, -0.2) is 18.9 Å². The van der Waals surface area contributed by atoms with Gasteiger partial charge in [0.2, 0.25) is 5.91 Å². The normalized spacial score (nSPS) is 16.5. The van der Waals surface area contributed by atoms with Crippen LogP contribution >= 0.6 is 0 Å². The Morgan fingerprint density at radius 1 is 1.09 bits per heavy atom. The highest BCUT2D eigenvalue weighted by molar-refractivity contribution is 6.05. The summed E-state index contributed by atoms with van der Waals surface area (Å²) in [7, 11) is 1.75. The van der Waals surface area contributed by atoms with Crippen molar-refractivity contribution in [2.75, 3.05) is 11.9 Å². The van der Waals surface area contributed by atoms with Crippen molar-refractivity contribution in [3.05, 3.63) is 54.1 Å². The molecule has 0 radical (unpaired) electrons. The van der Waals surface area contributed by atoms with Gasteiger partial charge in [0, 0.05) is 19.0 Å². The summed E-state index contributed by atoms with van der Waals surface area (Å²) in [6.07, 6.45) is 0.350. The van der Waals surface area contributed by atoms with Crippen molar-refractivity contribution in [3.8, 4) is 11.1 Å². The van der Waals surface area contributed by atoms with E-state index in [1.807, 2.05) is 48.5 Å². The monoisotopic (exact) mass is 294 g/mol. The summed E-state index contributed by atoms with van der Waals surface area (Å²) in [5.74, 6) is -0.258. The summed E-state index contributed by atoms with van der Waals surface area (Å²) < 4.78 is 0. The molecule has 0 unspecified atom stereocenters. The van der Waals surface area contributed by atoms with Crippen LogP contribution in [0.25, 0.3) is 11.1 Å². The van der Waals surface area contributed by atoms with Gasteiger partial charge in [-0.25, -0.2) is 0 Å². The molecule has 3 rings (SSSR count). The fourth-order valence-electron chi connectivity index (χ4n) is 2.84. The molecule has 4 heteroatoms. The molecule has 4 nitrogen and oxygen atoms in total. The van der Waals surface area contributed by atoms with E-state index in [1.165, 1.54) is 0 Å². The van der Waals surface area contributed by atoms with E-state index >= 15 is 0 Å². The van der Waals surface area contributed by atoms with Crippen LogP contribution < -0.4 is 10.2 Å². The average Bonchev–Trinajstić information content (AvgIpc) is 2.65. The van der Waals surface area contributed by atoms with Crippen molar-refractivity contribution in [2.24, 2.45) is 0 Å². The number of benzene rings is 2. The molecule has 1 N–H and O–H groups in total. The number of likely N-dealkylation sites (N-methyl/N-ethyl adjacent to an activating group) is 1. The Bertz CT molecular complexity index is 739. The topological polar surface area (TPSA) is 49.4 Å². The highest BCUT2D eigenvalue weighted by atomic mass is 16.2. The molecule has 1 atom stereocenters. The summed E-state index contributed by atoms with van der Waals surface area (Å²) in [5.41, 5.74) is 3.68. The fraction of sp³-hybridized carbons (Fsp3) is 0.222. The molecule has 22 heavy (non-hydrogen) atoms. The number of hydrogen-bond acceptors (Lipinski definition) is 2. The minimum absolute atomic E-state index is 0.126. The summed E-state index contributed by atoms with van der Waals surface area (Å²) >= 11 is 0. The second-order valence-electron chi connectivity index (χ2n) is 5.36. The van der Waals surface area contributed by atoms with Crippen LogP contribution in [0.15, 0.2) is 48.5 Å². The zero-order valence-corrected chi connectivity index (χ0v) is 12.7. The maximum atomic E-state index is 12.8. The minimum Gasteiger partial charge on any atom is -0.341 e. The van der Waals surface area contributed by atoms with Crippen molar-refractivity contribution in [2.45, 2.75) is 19.4 Å². The van der Waals surface area contributed by atoms with E-state index in [9.17, 15) is 9.59 Å². The fourth-order valence-corrected chi connectivity index (χ4v) is 2.84. The SMILES string of the molecule is CCC(=O)N[C@@H]1C(=O)N(C)c2ccccc2-c2ccccc21. The van der Waals surface area contributed by atoms with Crippen LogP contribution in [0, 0.1) is 0 Å². The van der Waals surface area contributed by atoms with E-state index in [0.29, 0.717) is 6.42 Å². The molecule has 2 amide bonds. The molecule has 0 bridgehead atoms. The summed E-state index contributed by atoms with van der Waals surface area (Å²) in [6, 6.07) is 14.9. The third-order valence-electron chi connectivity index (χ3n) is 4.03. The quantitative estimate of drug-likeness (QED) is 0.926. The third-order valence-corrected chi connectivity index (χ3v) is 4.03. The Labute approximate surface area is 129 Å². The second kappa shape index (κ2) is 5.64. The Kier molecular flexibility index (Phi) is 3.67. The minimum atomic E-state index is -0.652. The number of para-hydroxylation sites is 1. The predicted molar refractivity (Wildman–Crippen MR) is 86.5 cm³/mol. The highest BCUT2D eigenvalue weighted by Crippen LogP contribution is 2.39. The van der Waals surface area contributed by atoms with Gasteiger partial charge in [0.1, 0.15) is 6.04 Å². The van der Waals surface area contributed by atoms with Gasteiger partial charge in [-0.1, -0.05) is 49.4 Å². The van der Waals surface area contributed by atoms with Crippen molar-refractivity contribution in [3.63, 3.8) is 0 Å². The van der Waals surface area contributed by atoms with Crippen molar-refractivity contribution >= 4 is 17.5 Å². The molecule has 0 saturated heterocycles. The molecule has 0 aromatic heterocycles. The zero-order valence-electron chi connectivity index (χ0n) is 12.7. The summed E-state index contributed by atoms with van der Waals surface area (Å²) in [5, 5.41) is 2.85. The summed E-state index contributed by atoms with van der Waals surface area (Å²) in [4.78, 5) is 26.3. The van der Waals surface area contributed by atoms with Crippen molar-refractivity contribution < 1.29 is 9.59 Å². The van der Waals surface area contributed by atoms with E-state index in [4.69, 9.17) is 0 Å². The Morgan fingerprint density at radius 3 is 2.45 bits per heavy atom. The zero-order chi connectivity index (χ0) is 15.7. The molecule has 2 aromatic carbocycles. The predicted octanol–water partition coefficient (Wildman–Crippen LogP) is 2.90. The second-order valence-corrected chi connectivity index (χ2v) is 5.36. The summed E-state index contributed by atoms with van der Waals surface area (Å²) in [6.45, 7) is 1.78. The first-order chi connectivity index (χ1) is 10.6. The largest absolute Gasteiger partial charge is 0.341 e. The van der Waals surface area contributed by atoms with Crippen LogP contribution in [0.5, 0.6) is 0 Å². The smallest absolute Gasteiger partial charge is 0.253 e. The molecule has 2 aromatic rings. The Morgan fingerprint density at radius 2 is 1.73 bits per heavy atom. The Hall–Kier alpha value is -2.62. The van der Waals surface area contributed by atoms with Crippen LogP contribution in [0.2, 0.25) is 0 Å². The standard InChI is InChI=1S/C18H18N2O2/c1-3-16(21)19-17-14-10-5-4-8-12(14)13-9-6-7-11-15(13)20(2)18(17)22/h4-11,17H,3H2,1-2H3,(H,19,21)/t17-/m0/s1. The first-order valence-electron chi connectivity index (χ1n) is 7.38. The van der Waals surface area contributed by atoms with Gasteiger partial charge in [-0.3, -0.25) is 9.59 Å². The Balaban J connectivity index is 2.21. The lowest BCUT2D eigenvalue weighted by Gasteiger charge is -2.22. The lowest BCUT2D eigenvalue weighted by Crippen LogP contribution is -2.40. The highest BCUT2D eigenvalue weighted by Gasteiger charge is 2.32. The maximum Gasteiger partial charge on any atom is 0.253 e. The first-order valence-corrected chi connectivity index (χ1v) is 7.38. The van der Waals surface area contributed by atoms with Crippen LogP contribution in [0.1, 0.15) is 24.9 Å². The number of nitrogens with zero attached hydrogens (tertiary/aromatic N) is 1. The molecular formula is C18H18N2O2. The molecule has 1 heterocycles. The maximum absolute atomic E-state index is 12.8. The molecule has 0 fully saturated rings.